The fourth-order valence-electron chi connectivity index (χ4n) is 2.64. The SMILES string of the molecule is Cc1cccc(N(Cc2cccnc2)S(=O)(=O)c2cccc([N+](=O)[O-])c2)c1. The van der Waals surface area contributed by atoms with Gasteiger partial charge in [0.2, 0.25) is 0 Å². The van der Waals surface area contributed by atoms with Gasteiger partial charge < -0.3 is 0 Å². The highest BCUT2D eigenvalue weighted by Gasteiger charge is 2.27. The minimum Gasteiger partial charge on any atom is -0.264 e. The van der Waals surface area contributed by atoms with E-state index in [4.69, 9.17) is 0 Å². The van der Waals surface area contributed by atoms with Gasteiger partial charge in [0.15, 0.2) is 0 Å². The van der Waals surface area contributed by atoms with E-state index >= 15 is 0 Å². The number of sulfonamides is 1. The monoisotopic (exact) mass is 383 g/mol. The van der Waals surface area contributed by atoms with Crippen molar-refractivity contribution < 1.29 is 13.3 Å². The van der Waals surface area contributed by atoms with Crippen LogP contribution in [0.3, 0.4) is 0 Å². The lowest BCUT2D eigenvalue weighted by atomic mass is 10.2. The number of hydrogen-bond acceptors (Lipinski definition) is 5. The number of anilines is 1. The molecule has 0 saturated heterocycles. The Morgan fingerprint density at radius 3 is 2.52 bits per heavy atom. The van der Waals surface area contributed by atoms with E-state index in [9.17, 15) is 18.5 Å². The highest BCUT2D eigenvalue weighted by atomic mass is 32.2. The number of aryl methyl sites for hydroxylation is 1. The molecule has 1 aromatic heterocycles. The van der Waals surface area contributed by atoms with Gasteiger partial charge in [-0.15, -0.1) is 0 Å². The van der Waals surface area contributed by atoms with Crippen LogP contribution in [-0.2, 0) is 16.6 Å². The number of nitro groups is 1. The zero-order valence-electron chi connectivity index (χ0n) is 14.5. The van der Waals surface area contributed by atoms with E-state index < -0.39 is 14.9 Å². The Bertz CT molecular complexity index is 1070. The molecule has 27 heavy (non-hydrogen) atoms. The van der Waals surface area contributed by atoms with E-state index in [0.717, 1.165) is 11.6 Å². The molecule has 0 aliphatic heterocycles. The maximum Gasteiger partial charge on any atom is 0.270 e. The first-order valence-electron chi connectivity index (χ1n) is 8.11. The molecule has 0 unspecified atom stereocenters. The van der Waals surface area contributed by atoms with E-state index in [1.807, 2.05) is 13.0 Å². The average Bonchev–Trinajstić information content (AvgIpc) is 2.67. The summed E-state index contributed by atoms with van der Waals surface area (Å²) in [6.07, 6.45) is 3.20. The number of nitro benzene ring substituents is 1. The molecular formula is C19H17N3O4S. The molecule has 8 heteroatoms. The van der Waals surface area contributed by atoms with Crippen LogP contribution >= 0.6 is 0 Å². The number of rotatable bonds is 6. The second kappa shape index (κ2) is 7.55. The van der Waals surface area contributed by atoms with Gasteiger partial charge in [-0.05, 0) is 42.3 Å². The first kappa shape index (κ1) is 18.5. The standard InChI is InChI=1S/C19H17N3O4S/c1-15-5-2-7-17(11-15)21(14-16-6-4-10-20-13-16)27(25,26)19-9-3-8-18(12-19)22(23)24/h2-13H,14H2,1H3. The van der Waals surface area contributed by atoms with Crippen LogP contribution in [0.1, 0.15) is 11.1 Å². The first-order chi connectivity index (χ1) is 12.9. The summed E-state index contributed by atoms with van der Waals surface area (Å²) in [6.45, 7) is 1.92. The maximum absolute atomic E-state index is 13.3. The number of nitrogens with zero attached hydrogens (tertiary/aromatic N) is 3. The zero-order valence-corrected chi connectivity index (χ0v) is 15.3. The summed E-state index contributed by atoms with van der Waals surface area (Å²) in [4.78, 5) is 14.3. The number of pyridine rings is 1. The van der Waals surface area contributed by atoms with Crippen molar-refractivity contribution in [2.75, 3.05) is 4.31 Å². The van der Waals surface area contributed by atoms with Crippen LogP contribution in [0.2, 0.25) is 0 Å². The van der Waals surface area contributed by atoms with E-state index in [-0.39, 0.29) is 17.1 Å². The number of non-ortho nitro benzene ring substituents is 1. The van der Waals surface area contributed by atoms with E-state index in [2.05, 4.69) is 4.98 Å². The van der Waals surface area contributed by atoms with Crippen LogP contribution in [0.4, 0.5) is 11.4 Å². The molecule has 3 rings (SSSR count). The Morgan fingerprint density at radius 1 is 1.07 bits per heavy atom. The van der Waals surface area contributed by atoms with Gasteiger partial charge in [-0.2, -0.15) is 0 Å². The van der Waals surface area contributed by atoms with Crippen molar-refractivity contribution in [3.63, 3.8) is 0 Å². The molecule has 0 amide bonds. The summed E-state index contributed by atoms with van der Waals surface area (Å²) in [6, 6.07) is 15.6. The summed E-state index contributed by atoms with van der Waals surface area (Å²) in [5.74, 6) is 0. The third-order valence-corrected chi connectivity index (χ3v) is 5.72. The van der Waals surface area contributed by atoms with Crippen LogP contribution in [0.25, 0.3) is 0 Å². The lowest BCUT2D eigenvalue weighted by molar-refractivity contribution is -0.385. The molecule has 3 aromatic rings. The van der Waals surface area contributed by atoms with E-state index in [0.29, 0.717) is 11.3 Å². The third-order valence-electron chi connectivity index (χ3n) is 3.96. The van der Waals surface area contributed by atoms with Gasteiger partial charge >= 0.3 is 0 Å². The molecule has 0 bridgehead atoms. The highest BCUT2D eigenvalue weighted by Crippen LogP contribution is 2.28. The second-order valence-electron chi connectivity index (χ2n) is 5.97. The van der Waals surface area contributed by atoms with Crippen LogP contribution < -0.4 is 4.31 Å². The fraction of sp³-hybridized carbons (Fsp3) is 0.105. The molecule has 0 saturated carbocycles. The number of benzene rings is 2. The average molecular weight is 383 g/mol. The second-order valence-corrected chi connectivity index (χ2v) is 7.83. The predicted molar refractivity (Wildman–Crippen MR) is 102 cm³/mol. The van der Waals surface area contributed by atoms with Crippen molar-refractivity contribution in [1.29, 1.82) is 0 Å². The van der Waals surface area contributed by atoms with Crippen molar-refractivity contribution in [1.82, 2.24) is 4.98 Å². The smallest absolute Gasteiger partial charge is 0.264 e. The molecule has 1 heterocycles. The molecule has 0 fully saturated rings. The maximum atomic E-state index is 13.3. The molecule has 0 aliphatic carbocycles. The molecule has 0 N–H and O–H groups in total. The minimum atomic E-state index is -4.02. The van der Waals surface area contributed by atoms with Crippen molar-refractivity contribution >= 4 is 21.4 Å². The van der Waals surface area contributed by atoms with Gasteiger partial charge in [0.25, 0.3) is 15.7 Å². The van der Waals surface area contributed by atoms with Crippen LogP contribution in [0, 0.1) is 17.0 Å². The molecule has 0 aliphatic rings. The minimum absolute atomic E-state index is 0.0579. The lowest BCUT2D eigenvalue weighted by Crippen LogP contribution is -2.30. The highest BCUT2D eigenvalue weighted by molar-refractivity contribution is 7.92. The van der Waals surface area contributed by atoms with E-state index in [1.54, 1.807) is 42.7 Å². The first-order valence-corrected chi connectivity index (χ1v) is 9.55. The largest absolute Gasteiger partial charge is 0.270 e. The Morgan fingerprint density at radius 2 is 1.85 bits per heavy atom. The van der Waals surface area contributed by atoms with Crippen LogP contribution in [-0.4, -0.2) is 18.3 Å². The summed E-state index contributed by atoms with van der Waals surface area (Å²) in [5, 5.41) is 11.0. The third kappa shape index (κ3) is 4.12. The Hall–Kier alpha value is -3.26. The van der Waals surface area contributed by atoms with Crippen LogP contribution in [0.5, 0.6) is 0 Å². The molecule has 0 spiro atoms. The summed E-state index contributed by atoms with van der Waals surface area (Å²) < 4.78 is 27.8. The summed E-state index contributed by atoms with van der Waals surface area (Å²) >= 11 is 0. The molecule has 7 nitrogen and oxygen atoms in total. The molecule has 0 radical (unpaired) electrons. The van der Waals surface area contributed by atoms with Crippen molar-refractivity contribution in [3.8, 4) is 0 Å². The molecular weight excluding hydrogens is 366 g/mol. The number of hydrogen-bond donors (Lipinski definition) is 0. The summed E-state index contributed by atoms with van der Waals surface area (Å²) in [7, 11) is -4.02. The molecule has 2 aromatic carbocycles. The topological polar surface area (TPSA) is 93.4 Å². The quantitative estimate of drug-likeness (QED) is 0.478. The fourth-order valence-corrected chi connectivity index (χ4v) is 4.13. The van der Waals surface area contributed by atoms with Crippen molar-refractivity contribution in [2.45, 2.75) is 18.4 Å². The van der Waals surface area contributed by atoms with Gasteiger partial charge in [0.1, 0.15) is 0 Å². The lowest BCUT2D eigenvalue weighted by Gasteiger charge is -2.25. The summed E-state index contributed by atoms with van der Waals surface area (Å²) in [5.41, 5.74) is 1.80. The van der Waals surface area contributed by atoms with Gasteiger partial charge in [-0.1, -0.05) is 24.3 Å². The molecule has 138 valence electrons. The van der Waals surface area contributed by atoms with E-state index in [1.165, 1.54) is 22.5 Å². The van der Waals surface area contributed by atoms with Gasteiger partial charge in [0.05, 0.1) is 22.1 Å². The van der Waals surface area contributed by atoms with Crippen molar-refractivity contribution in [3.05, 3.63) is 94.3 Å². The van der Waals surface area contributed by atoms with Gasteiger partial charge in [-0.3, -0.25) is 19.4 Å². The predicted octanol–water partition coefficient (Wildman–Crippen LogP) is 3.69. The van der Waals surface area contributed by atoms with Crippen molar-refractivity contribution in [2.24, 2.45) is 0 Å². The normalized spacial score (nSPS) is 11.1. The number of aromatic nitrogens is 1. The zero-order chi connectivity index (χ0) is 19.4. The van der Waals surface area contributed by atoms with Gasteiger partial charge in [-0.25, -0.2) is 8.42 Å². The Balaban J connectivity index is 2.11. The molecule has 0 atom stereocenters. The Kier molecular flexibility index (Phi) is 5.18. The van der Waals surface area contributed by atoms with Gasteiger partial charge in [0, 0.05) is 24.5 Å². The Labute approximate surface area is 157 Å². The van der Waals surface area contributed by atoms with Crippen LogP contribution in [0.15, 0.2) is 78.0 Å².